The molecule has 98 valence electrons. The first-order valence-corrected chi connectivity index (χ1v) is 5.93. The van der Waals surface area contributed by atoms with Gasteiger partial charge in [-0.05, 0) is 39.8 Å². The summed E-state index contributed by atoms with van der Waals surface area (Å²) in [5, 5.41) is 6.00. The number of carbonyl (C=O) groups is 2. The number of piperidine rings is 1. The van der Waals surface area contributed by atoms with Gasteiger partial charge in [0.05, 0.1) is 7.11 Å². The summed E-state index contributed by atoms with van der Waals surface area (Å²) >= 11 is 0. The molecule has 0 aromatic rings. The van der Waals surface area contributed by atoms with Gasteiger partial charge in [-0.3, -0.25) is 4.79 Å². The van der Waals surface area contributed by atoms with Crippen LogP contribution in [0.3, 0.4) is 0 Å². The zero-order valence-electron chi connectivity index (χ0n) is 11.1. The van der Waals surface area contributed by atoms with Crippen molar-refractivity contribution in [2.45, 2.75) is 39.2 Å². The van der Waals surface area contributed by atoms with Gasteiger partial charge in [0, 0.05) is 5.41 Å². The largest absolute Gasteiger partial charge is 0.467 e. The molecule has 1 fully saturated rings. The predicted octanol–water partition coefficient (Wildman–Crippen LogP) is 0.444. The van der Waals surface area contributed by atoms with Crippen molar-refractivity contribution in [1.29, 1.82) is 0 Å². The summed E-state index contributed by atoms with van der Waals surface area (Å²) < 4.78 is 4.67. The number of rotatable bonds is 3. The molecule has 0 aliphatic carbocycles. The lowest BCUT2D eigenvalue weighted by Crippen LogP contribution is -2.56. The van der Waals surface area contributed by atoms with E-state index in [9.17, 15) is 9.59 Å². The molecule has 1 aliphatic heterocycles. The van der Waals surface area contributed by atoms with Crippen LogP contribution in [-0.4, -0.2) is 37.6 Å². The molecule has 0 aromatic heterocycles. The van der Waals surface area contributed by atoms with Crippen molar-refractivity contribution in [2.24, 2.45) is 5.41 Å². The highest BCUT2D eigenvalue weighted by atomic mass is 16.5. The molecular weight excluding hydrogens is 220 g/mol. The molecule has 0 aromatic carbocycles. The van der Waals surface area contributed by atoms with Gasteiger partial charge in [-0.2, -0.15) is 0 Å². The number of hydrogen-bond acceptors (Lipinski definition) is 4. The SMILES string of the molecule is COC(=O)C(C)(C)NC(=O)C1(C)CCNCC1. The summed E-state index contributed by atoms with van der Waals surface area (Å²) in [6, 6.07) is 0. The van der Waals surface area contributed by atoms with Crippen molar-refractivity contribution in [2.75, 3.05) is 20.2 Å². The molecule has 1 saturated heterocycles. The summed E-state index contributed by atoms with van der Waals surface area (Å²) in [6.45, 7) is 6.92. The third-order valence-electron chi connectivity index (χ3n) is 3.38. The Labute approximate surface area is 102 Å². The van der Waals surface area contributed by atoms with E-state index in [0.717, 1.165) is 25.9 Å². The summed E-state index contributed by atoms with van der Waals surface area (Å²) in [5.74, 6) is -0.502. The van der Waals surface area contributed by atoms with Gasteiger partial charge in [-0.15, -0.1) is 0 Å². The number of ether oxygens (including phenoxy) is 1. The molecule has 1 rings (SSSR count). The fourth-order valence-electron chi connectivity index (χ4n) is 1.95. The fourth-order valence-corrected chi connectivity index (χ4v) is 1.95. The number of hydrogen-bond donors (Lipinski definition) is 2. The molecule has 5 nitrogen and oxygen atoms in total. The molecule has 0 spiro atoms. The van der Waals surface area contributed by atoms with E-state index in [1.165, 1.54) is 7.11 Å². The normalized spacial score (nSPS) is 19.5. The van der Waals surface area contributed by atoms with E-state index >= 15 is 0 Å². The third kappa shape index (κ3) is 3.19. The van der Waals surface area contributed by atoms with Crippen LogP contribution in [0.25, 0.3) is 0 Å². The minimum absolute atomic E-state index is 0.0746. The van der Waals surface area contributed by atoms with Crippen LogP contribution >= 0.6 is 0 Å². The Hall–Kier alpha value is -1.10. The van der Waals surface area contributed by atoms with E-state index in [1.54, 1.807) is 13.8 Å². The monoisotopic (exact) mass is 242 g/mol. The Balaban J connectivity index is 2.68. The Kier molecular flexibility index (Phi) is 4.14. The molecule has 0 atom stereocenters. The molecule has 0 saturated carbocycles. The van der Waals surface area contributed by atoms with E-state index in [1.807, 2.05) is 6.92 Å². The number of nitrogens with one attached hydrogen (secondary N) is 2. The Morgan fingerprint density at radius 2 is 1.82 bits per heavy atom. The zero-order chi connectivity index (χ0) is 13.1. The van der Waals surface area contributed by atoms with Crippen LogP contribution in [0.5, 0.6) is 0 Å². The van der Waals surface area contributed by atoms with E-state index in [-0.39, 0.29) is 5.91 Å². The molecule has 0 bridgehead atoms. The first-order valence-electron chi connectivity index (χ1n) is 5.93. The summed E-state index contributed by atoms with van der Waals surface area (Å²) in [5.41, 5.74) is -1.36. The average Bonchev–Trinajstić information content (AvgIpc) is 2.28. The number of methoxy groups -OCH3 is 1. The van der Waals surface area contributed by atoms with Crippen LogP contribution in [-0.2, 0) is 14.3 Å². The highest BCUT2D eigenvalue weighted by Crippen LogP contribution is 2.28. The molecule has 0 radical (unpaired) electrons. The predicted molar refractivity (Wildman–Crippen MR) is 64.4 cm³/mol. The third-order valence-corrected chi connectivity index (χ3v) is 3.38. The molecule has 0 unspecified atom stereocenters. The first kappa shape index (κ1) is 14.0. The van der Waals surface area contributed by atoms with Crippen LogP contribution in [0.2, 0.25) is 0 Å². The number of carbonyl (C=O) groups excluding carboxylic acids is 2. The lowest BCUT2D eigenvalue weighted by atomic mass is 9.79. The second-order valence-corrected chi connectivity index (χ2v) is 5.38. The Morgan fingerprint density at radius 3 is 2.29 bits per heavy atom. The molecule has 1 aliphatic rings. The van der Waals surface area contributed by atoms with Gasteiger partial charge in [-0.1, -0.05) is 6.92 Å². The maximum atomic E-state index is 12.2. The van der Waals surface area contributed by atoms with Crippen LogP contribution in [0, 0.1) is 5.41 Å². The van der Waals surface area contributed by atoms with E-state index < -0.39 is 16.9 Å². The summed E-state index contributed by atoms with van der Waals surface area (Å²) in [7, 11) is 1.32. The van der Waals surface area contributed by atoms with E-state index in [4.69, 9.17) is 0 Å². The zero-order valence-corrected chi connectivity index (χ0v) is 11.1. The highest BCUT2D eigenvalue weighted by molar-refractivity contribution is 5.90. The van der Waals surface area contributed by atoms with Crippen LogP contribution in [0.4, 0.5) is 0 Å². The van der Waals surface area contributed by atoms with Gasteiger partial charge >= 0.3 is 5.97 Å². The fraction of sp³-hybridized carbons (Fsp3) is 0.833. The van der Waals surface area contributed by atoms with Crippen LogP contribution in [0.1, 0.15) is 33.6 Å². The van der Waals surface area contributed by atoms with Crippen molar-refractivity contribution in [3.8, 4) is 0 Å². The molecule has 1 heterocycles. The van der Waals surface area contributed by atoms with Crippen molar-refractivity contribution >= 4 is 11.9 Å². The maximum Gasteiger partial charge on any atom is 0.330 e. The minimum Gasteiger partial charge on any atom is -0.467 e. The average molecular weight is 242 g/mol. The van der Waals surface area contributed by atoms with Gasteiger partial charge < -0.3 is 15.4 Å². The van der Waals surface area contributed by atoms with Crippen LogP contribution in [0.15, 0.2) is 0 Å². The van der Waals surface area contributed by atoms with Crippen molar-refractivity contribution in [1.82, 2.24) is 10.6 Å². The molecule has 2 N–H and O–H groups in total. The number of esters is 1. The van der Waals surface area contributed by atoms with Gasteiger partial charge in [0.2, 0.25) is 5.91 Å². The van der Waals surface area contributed by atoms with Gasteiger partial charge in [0.25, 0.3) is 0 Å². The lowest BCUT2D eigenvalue weighted by molar-refractivity contribution is -0.151. The van der Waals surface area contributed by atoms with Gasteiger partial charge in [0.1, 0.15) is 5.54 Å². The smallest absolute Gasteiger partial charge is 0.330 e. The van der Waals surface area contributed by atoms with Crippen molar-refractivity contribution < 1.29 is 14.3 Å². The molecule has 17 heavy (non-hydrogen) atoms. The van der Waals surface area contributed by atoms with E-state index in [0.29, 0.717) is 0 Å². The Morgan fingerprint density at radius 1 is 1.29 bits per heavy atom. The highest BCUT2D eigenvalue weighted by Gasteiger charge is 2.39. The molecule has 1 amide bonds. The maximum absolute atomic E-state index is 12.2. The Bertz CT molecular complexity index is 307. The standard InChI is InChI=1S/C12H22N2O3/c1-11(2,10(16)17-4)14-9(15)12(3)5-7-13-8-6-12/h13H,5-8H2,1-4H3,(H,14,15). The van der Waals surface area contributed by atoms with Crippen LogP contribution < -0.4 is 10.6 Å². The minimum atomic E-state index is -0.973. The molecule has 5 heteroatoms. The second kappa shape index (κ2) is 5.04. The van der Waals surface area contributed by atoms with Gasteiger partial charge in [-0.25, -0.2) is 4.79 Å². The van der Waals surface area contributed by atoms with E-state index in [2.05, 4.69) is 15.4 Å². The van der Waals surface area contributed by atoms with Crippen molar-refractivity contribution in [3.05, 3.63) is 0 Å². The topological polar surface area (TPSA) is 67.4 Å². The second-order valence-electron chi connectivity index (χ2n) is 5.38. The summed E-state index contributed by atoms with van der Waals surface area (Å²) in [4.78, 5) is 23.7. The lowest BCUT2D eigenvalue weighted by Gasteiger charge is -2.35. The quantitative estimate of drug-likeness (QED) is 0.705. The van der Waals surface area contributed by atoms with Gasteiger partial charge in [0.15, 0.2) is 0 Å². The summed E-state index contributed by atoms with van der Waals surface area (Å²) in [6.07, 6.45) is 1.58. The number of amides is 1. The molecular formula is C12H22N2O3. The van der Waals surface area contributed by atoms with Crippen molar-refractivity contribution in [3.63, 3.8) is 0 Å². The first-order chi connectivity index (χ1) is 7.82.